The Kier molecular flexibility index (Phi) is 5.62. The largest absolute Gasteiger partial charge is 0.459 e. The first-order chi connectivity index (χ1) is 14.1. The highest BCUT2D eigenvalue weighted by atomic mass is 32.1. The number of aliphatic imine (C=N–C) groups is 1. The second-order valence-electron chi connectivity index (χ2n) is 6.82. The molecule has 0 saturated heterocycles. The van der Waals surface area contributed by atoms with Crippen LogP contribution in [-0.4, -0.2) is 20.7 Å². The summed E-state index contributed by atoms with van der Waals surface area (Å²) in [5, 5.41) is 18.3. The molecule has 7 nitrogen and oxygen atoms in total. The van der Waals surface area contributed by atoms with Crippen LogP contribution in [0.4, 0.5) is 0 Å². The highest BCUT2D eigenvalue weighted by Crippen LogP contribution is 2.24. The lowest BCUT2D eigenvalue weighted by atomic mass is 10.1. The van der Waals surface area contributed by atoms with Gasteiger partial charge in [0.1, 0.15) is 23.7 Å². The maximum atomic E-state index is 6.02. The number of furan rings is 1. The Balaban J connectivity index is 1.49. The van der Waals surface area contributed by atoms with Crippen molar-refractivity contribution in [2.45, 2.75) is 33.5 Å². The molecular weight excluding hydrogens is 384 g/mol. The Hall–Kier alpha value is -3.13. The lowest BCUT2D eigenvalue weighted by Gasteiger charge is -2.11. The van der Waals surface area contributed by atoms with Gasteiger partial charge in [-0.3, -0.25) is 0 Å². The molecule has 150 valence electrons. The third-order valence-corrected chi connectivity index (χ3v) is 5.81. The molecular formula is C21H24N6OS. The van der Waals surface area contributed by atoms with Crippen LogP contribution < -0.4 is 10.6 Å². The summed E-state index contributed by atoms with van der Waals surface area (Å²) in [6, 6.07) is 12.2. The van der Waals surface area contributed by atoms with Crippen LogP contribution >= 0.6 is 11.3 Å². The SMILES string of the molecule is Cc1c(CNC(=NCc2nnc(C)n2C)NCc2cccs2)oc2ccccc12. The number of guanidine groups is 1. The number of aryl methyl sites for hydroxylation is 2. The molecule has 0 fully saturated rings. The molecule has 0 saturated carbocycles. The van der Waals surface area contributed by atoms with E-state index in [1.165, 1.54) is 4.88 Å². The lowest BCUT2D eigenvalue weighted by Crippen LogP contribution is -2.36. The van der Waals surface area contributed by atoms with Crippen LogP contribution in [0.1, 0.15) is 27.8 Å². The Bertz CT molecular complexity index is 1130. The van der Waals surface area contributed by atoms with Crippen LogP contribution in [0.3, 0.4) is 0 Å². The molecule has 8 heteroatoms. The van der Waals surface area contributed by atoms with Gasteiger partial charge in [0.15, 0.2) is 11.8 Å². The average Bonchev–Trinajstić information content (AvgIpc) is 3.44. The third kappa shape index (κ3) is 4.32. The highest BCUT2D eigenvalue weighted by molar-refractivity contribution is 7.09. The van der Waals surface area contributed by atoms with Crippen molar-refractivity contribution in [2.75, 3.05) is 0 Å². The topological polar surface area (TPSA) is 80.3 Å². The molecule has 0 bridgehead atoms. The van der Waals surface area contributed by atoms with Gasteiger partial charge in [0, 0.05) is 22.9 Å². The summed E-state index contributed by atoms with van der Waals surface area (Å²) in [5.41, 5.74) is 2.05. The van der Waals surface area contributed by atoms with Crippen molar-refractivity contribution in [3.63, 3.8) is 0 Å². The summed E-state index contributed by atoms with van der Waals surface area (Å²) in [5.74, 6) is 3.30. The van der Waals surface area contributed by atoms with Gasteiger partial charge in [-0.05, 0) is 31.4 Å². The third-order valence-electron chi connectivity index (χ3n) is 4.93. The molecule has 3 heterocycles. The monoisotopic (exact) mass is 408 g/mol. The summed E-state index contributed by atoms with van der Waals surface area (Å²) in [6.45, 7) is 5.71. The van der Waals surface area contributed by atoms with Gasteiger partial charge >= 0.3 is 0 Å². The number of hydrogen-bond acceptors (Lipinski definition) is 5. The number of aromatic nitrogens is 3. The fourth-order valence-corrected chi connectivity index (χ4v) is 3.70. The second kappa shape index (κ2) is 8.48. The van der Waals surface area contributed by atoms with E-state index in [1.54, 1.807) is 11.3 Å². The Morgan fingerprint density at radius 2 is 1.93 bits per heavy atom. The highest BCUT2D eigenvalue weighted by Gasteiger charge is 2.11. The number of para-hydroxylation sites is 1. The molecule has 0 aliphatic carbocycles. The average molecular weight is 409 g/mol. The zero-order chi connectivity index (χ0) is 20.2. The van der Waals surface area contributed by atoms with Gasteiger partial charge in [0.25, 0.3) is 0 Å². The molecule has 0 radical (unpaired) electrons. The smallest absolute Gasteiger partial charge is 0.192 e. The van der Waals surface area contributed by atoms with Gasteiger partial charge in [0.2, 0.25) is 0 Å². The lowest BCUT2D eigenvalue weighted by molar-refractivity contribution is 0.534. The number of rotatable bonds is 6. The molecule has 1 aromatic carbocycles. The van der Waals surface area contributed by atoms with Gasteiger partial charge in [-0.1, -0.05) is 24.3 Å². The van der Waals surface area contributed by atoms with Crippen LogP contribution in [0.2, 0.25) is 0 Å². The Morgan fingerprint density at radius 3 is 2.66 bits per heavy atom. The quantitative estimate of drug-likeness (QED) is 0.376. The summed E-state index contributed by atoms with van der Waals surface area (Å²) in [6.07, 6.45) is 0. The van der Waals surface area contributed by atoms with E-state index in [-0.39, 0.29) is 0 Å². The maximum absolute atomic E-state index is 6.02. The van der Waals surface area contributed by atoms with E-state index in [1.807, 2.05) is 42.8 Å². The molecule has 4 aromatic rings. The van der Waals surface area contributed by atoms with Gasteiger partial charge in [0.05, 0.1) is 13.1 Å². The second-order valence-corrected chi connectivity index (χ2v) is 7.85. The fourth-order valence-electron chi connectivity index (χ4n) is 3.05. The first-order valence-electron chi connectivity index (χ1n) is 9.48. The molecule has 0 unspecified atom stereocenters. The number of nitrogens with one attached hydrogen (secondary N) is 2. The van der Waals surface area contributed by atoms with Crippen LogP contribution in [0.25, 0.3) is 11.0 Å². The van der Waals surface area contributed by atoms with E-state index in [0.717, 1.165) is 33.9 Å². The predicted octanol–water partition coefficient (Wildman–Crippen LogP) is 3.68. The molecule has 2 N–H and O–H groups in total. The Labute approximate surface area is 173 Å². The summed E-state index contributed by atoms with van der Waals surface area (Å²) in [4.78, 5) is 5.94. The van der Waals surface area contributed by atoms with E-state index in [4.69, 9.17) is 9.41 Å². The van der Waals surface area contributed by atoms with Crippen molar-refractivity contribution in [3.8, 4) is 0 Å². The zero-order valence-electron chi connectivity index (χ0n) is 16.8. The van der Waals surface area contributed by atoms with Gasteiger partial charge in [-0.2, -0.15) is 0 Å². The molecule has 0 atom stereocenters. The normalized spacial score (nSPS) is 11.9. The molecule has 29 heavy (non-hydrogen) atoms. The van der Waals surface area contributed by atoms with Gasteiger partial charge < -0.3 is 19.6 Å². The summed E-state index contributed by atoms with van der Waals surface area (Å²) < 4.78 is 7.96. The van der Waals surface area contributed by atoms with E-state index in [0.29, 0.717) is 25.6 Å². The molecule has 3 aromatic heterocycles. The number of nitrogens with zero attached hydrogens (tertiary/aromatic N) is 4. The van der Waals surface area contributed by atoms with Gasteiger partial charge in [-0.15, -0.1) is 21.5 Å². The van der Waals surface area contributed by atoms with Gasteiger partial charge in [-0.25, -0.2) is 4.99 Å². The number of hydrogen-bond donors (Lipinski definition) is 2. The zero-order valence-corrected chi connectivity index (χ0v) is 17.6. The van der Waals surface area contributed by atoms with Crippen molar-refractivity contribution < 1.29 is 4.42 Å². The number of thiophene rings is 1. The standard InChI is InChI=1S/C21H24N6OS/c1-14-17-8-4-5-9-18(17)28-19(14)12-23-21(22-11-16-7-6-10-29-16)24-13-20-26-25-15(2)27(20)3/h4-10H,11-13H2,1-3H3,(H2,22,23,24). The van der Waals surface area contributed by atoms with Crippen molar-refractivity contribution in [2.24, 2.45) is 12.0 Å². The van der Waals surface area contributed by atoms with E-state index in [2.05, 4.69) is 45.3 Å². The fraction of sp³-hybridized carbons (Fsp3) is 0.286. The summed E-state index contributed by atoms with van der Waals surface area (Å²) in [7, 11) is 1.95. The van der Waals surface area contributed by atoms with Crippen molar-refractivity contribution in [1.29, 1.82) is 0 Å². The van der Waals surface area contributed by atoms with Crippen molar-refractivity contribution in [3.05, 3.63) is 69.6 Å². The minimum atomic E-state index is 0.441. The molecule has 4 rings (SSSR count). The number of fused-ring (bicyclic) bond motifs is 1. The minimum Gasteiger partial charge on any atom is -0.459 e. The van der Waals surface area contributed by atoms with Crippen molar-refractivity contribution in [1.82, 2.24) is 25.4 Å². The number of benzene rings is 1. The van der Waals surface area contributed by atoms with Crippen LogP contribution in [0, 0.1) is 13.8 Å². The van der Waals surface area contributed by atoms with Crippen LogP contribution in [0.15, 0.2) is 51.2 Å². The van der Waals surface area contributed by atoms with Crippen molar-refractivity contribution >= 4 is 28.3 Å². The predicted molar refractivity (Wildman–Crippen MR) is 116 cm³/mol. The first kappa shape index (κ1) is 19.2. The van der Waals surface area contributed by atoms with E-state index >= 15 is 0 Å². The van der Waals surface area contributed by atoms with E-state index < -0.39 is 0 Å². The first-order valence-corrected chi connectivity index (χ1v) is 10.4. The van der Waals surface area contributed by atoms with E-state index in [9.17, 15) is 0 Å². The molecule has 0 aliphatic heterocycles. The maximum Gasteiger partial charge on any atom is 0.192 e. The minimum absolute atomic E-state index is 0.441. The molecule has 0 spiro atoms. The van der Waals surface area contributed by atoms with Crippen LogP contribution in [0.5, 0.6) is 0 Å². The Morgan fingerprint density at radius 1 is 1.10 bits per heavy atom. The van der Waals surface area contributed by atoms with Crippen LogP contribution in [-0.2, 0) is 26.7 Å². The molecule has 0 aliphatic rings. The summed E-state index contributed by atoms with van der Waals surface area (Å²) >= 11 is 1.71. The molecule has 0 amide bonds.